The summed E-state index contributed by atoms with van der Waals surface area (Å²) in [5.41, 5.74) is 3.26. The molecule has 1 aromatic carbocycles. The molecule has 12 nitrogen and oxygen atoms in total. The predicted octanol–water partition coefficient (Wildman–Crippen LogP) is 4.13. The van der Waals surface area contributed by atoms with Crippen LogP contribution in [0, 0.1) is 23.1 Å². The van der Waals surface area contributed by atoms with E-state index in [1.165, 1.54) is 29.2 Å². The predicted molar refractivity (Wildman–Crippen MR) is 171 cm³/mol. The lowest BCUT2D eigenvalue weighted by atomic mass is 10.0. The molecule has 0 radical (unpaired) electrons. The number of rotatable bonds is 9. The van der Waals surface area contributed by atoms with E-state index in [1.807, 2.05) is 30.4 Å². The number of carbonyl (C=O) groups excluding carboxylic acids is 1. The second-order valence-corrected chi connectivity index (χ2v) is 13.8. The third kappa shape index (κ3) is 5.10. The molecular weight excluding hydrogens is 630 g/mol. The van der Waals surface area contributed by atoms with Crippen molar-refractivity contribution in [3.05, 3.63) is 57.4 Å². The van der Waals surface area contributed by atoms with Crippen molar-refractivity contribution >= 4 is 50.5 Å². The molecule has 3 aromatic heterocycles. The van der Waals surface area contributed by atoms with Crippen LogP contribution in [0.1, 0.15) is 41.3 Å². The molecule has 2 unspecified atom stereocenters. The number of aliphatic carboxylic acids is 1. The SMILES string of the molecule is CCc1nc2sc(C3CC(N(C)CC(=O)N4CC(C(=O)O)C4)N4CCC=C34)nn2c1N(C)c1nc(-c2ccc(F)cc2)c(C#N)s1. The van der Waals surface area contributed by atoms with Crippen LogP contribution in [0.3, 0.4) is 0 Å². The summed E-state index contributed by atoms with van der Waals surface area (Å²) >= 11 is 2.83. The van der Waals surface area contributed by atoms with Crippen molar-refractivity contribution in [3.63, 3.8) is 0 Å². The number of anilines is 2. The van der Waals surface area contributed by atoms with Crippen LogP contribution >= 0.6 is 22.7 Å². The Labute approximate surface area is 272 Å². The Hall–Kier alpha value is -4.39. The van der Waals surface area contributed by atoms with Crippen molar-refractivity contribution in [2.45, 2.75) is 38.3 Å². The molecule has 3 aliphatic heterocycles. The number of hydrogen-bond acceptors (Lipinski definition) is 11. The highest BCUT2D eigenvalue weighted by atomic mass is 32.1. The number of amides is 1. The summed E-state index contributed by atoms with van der Waals surface area (Å²) in [6.07, 6.45) is 4.66. The van der Waals surface area contributed by atoms with Crippen LogP contribution in [-0.2, 0) is 16.0 Å². The summed E-state index contributed by atoms with van der Waals surface area (Å²) in [6.45, 7) is 3.68. The molecule has 15 heteroatoms. The largest absolute Gasteiger partial charge is 0.481 e. The maximum Gasteiger partial charge on any atom is 0.310 e. The van der Waals surface area contributed by atoms with Gasteiger partial charge in [0.1, 0.15) is 27.5 Å². The van der Waals surface area contributed by atoms with Crippen molar-refractivity contribution in [1.82, 2.24) is 34.3 Å². The number of aryl methyl sites for hydroxylation is 1. The first kappa shape index (κ1) is 30.3. The fourth-order valence-corrected chi connectivity index (χ4v) is 8.44. The van der Waals surface area contributed by atoms with E-state index in [0.29, 0.717) is 27.7 Å². The minimum atomic E-state index is -0.855. The van der Waals surface area contributed by atoms with Crippen molar-refractivity contribution in [1.29, 1.82) is 5.26 Å². The number of fused-ring (bicyclic) bond motifs is 2. The number of carboxylic acid groups (broad SMARTS) is 1. The van der Waals surface area contributed by atoms with Gasteiger partial charge in [0, 0.05) is 37.9 Å². The van der Waals surface area contributed by atoms with Gasteiger partial charge in [0.2, 0.25) is 10.9 Å². The molecule has 3 aliphatic rings. The molecule has 2 atom stereocenters. The Bertz CT molecular complexity index is 1900. The molecule has 46 heavy (non-hydrogen) atoms. The van der Waals surface area contributed by atoms with Gasteiger partial charge in [-0.25, -0.2) is 14.4 Å². The Morgan fingerprint density at radius 1 is 1.17 bits per heavy atom. The van der Waals surface area contributed by atoms with Gasteiger partial charge in [0.05, 0.1) is 30.2 Å². The fourth-order valence-electron chi connectivity index (χ4n) is 6.55. The fraction of sp³-hybridized carbons (Fsp3) is 0.419. The Kier molecular flexibility index (Phi) is 7.74. The molecule has 6 heterocycles. The van der Waals surface area contributed by atoms with Crippen LogP contribution in [-0.4, -0.2) is 97.7 Å². The molecule has 7 rings (SSSR count). The van der Waals surface area contributed by atoms with E-state index >= 15 is 0 Å². The van der Waals surface area contributed by atoms with E-state index < -0.39 is 11.9 Å². The summed E-state index contributed by atoms with van der Waals surface area (Å²) in [7, 11) is 3.85. The van der Waals surface area contributed by atoms with Gasteiger partial charge in [-0.2, -0.15) is 14.9 Å². The molecule has 0 saturated carbocycles. The number of likely N-dealkylation sites (tertiary alicyclic amines) is 1. The molecular formula is C31H32FN9O3S2. The van der Waals surface area contributed by atoms with Gasteiger partial charge in [0.25, 0.3) is 0 Å². The van der Waals surface area contributed by atoms with Gasteiger partial charge in [-0.15, -0.1) is 0 Å². The zero-order chi connectivity index (χ0) is 32.3. The smallest absolute Gasteiger partial charge is 0.310 e. The van der Waals surface area contributed by atoms with Crippen molar-refractivity contribution in [3.8, 4) is 17.3 Å². The standard InChI is InChI=1S/C31H32FN9O3S2/c1-4-21-28(38(3)30-35-26(23(13-33)45-30)17-7-9-19(32)10-8-17)41-31(34-21)46-27(36-41)20-12-24(40-11-5-6-22(20)40)37(2)16-25(42)39-14-18(15-39)29(43)44/h6-10,18,20,24H,4-5,11-12,14-16H2,1-3H3,(H,43,44). The van der Waals surface area contributed by atoms with Crippen LogP contribution in [0.25, 0.3) is 16.2 Å². The highest BCUT2D eigenvalue weighted by Crippen LogP contribution is 2.46. The second kappa shape index (κ2) is 11.8. The molecule has 0 spiro atoms. The van der Waals surface area contributed by atoms with Crippen molar-refractivity contribution < 1.29 is 19.1 Å². The quantitative estimate of drug-likeness (QED) is 0.279. The summed E-state index contributed by atoms with van der Waals surface area (Å²) in [6, 6.07) is 8.21. The molecule has 0 aliphatic carbocycles. The number of imidazole rings is 1. The maximum absolute atomic E-state index is 13.6. The van der Waals surface area contributed by atoms with E-state index in [4.69, 9.17) is 15.1 Å². The van der Waals surface area contributed by atoms with Crippen LogP contribution in [0.5, 0.6) is 0 Å². The normalized spacial score (nSPS) is 19.4. The number of nitrogens with zero attached hydrogens (tertiary/aromatic N) is 9. The summed E-state index contributed by atoms with van der Waals surface area (Å²) in [5.74, 6) is -0.893. The summed E-state index contributed by atoms with van der Waals surface area (Å²) < 4.78 is 15.4. The molecule has 2 fully saturated rings. The second-order valence-electron chi connectivity index (χ2n) is 11.9. The minimum absolute atomic E-state index is 0.0217. The molecule has 238 valence electrons. The number of aromatic nitrogens is 4. The van der Waals surface area contributed by atoms with E-state index in [0.717, 1.165) is 40.9 Å². The lowest BCUT2D eigenvalue weighted by Gasteiger charge is -2.39. The van der Waals surface area contributed by atoms with E-state index in [-0.39, 0.29) is 43.4 Å². The Balaban J connectivity index is 1.14. The third-order valence-corrected chi connectivity index (χ3v) is 11.1. The first-order chi connectivity index (χ1) is 22.2. The average molecular weight is 662 g/mol. The van der Waals surface area contributed by atoms with Gasteiger partial charge in [0.15, 0.2) is 10.9 Å². The number of hydrogen-bond donors (Lipinski definition) is 1. The topological polar surface area (TPSA) is 134 Å². The van der Waals surface area contributed by atoms with Crippen LogP contribution in [0.15, 0.2) is 36.0 Å². The molecule has 1 amide bonds. The van der Waals surface area contributed by atoms with Gasteiger partial charge >= 0.3 is 5.97 Å². The molecule has 2 saturated heterocycles. The van der Waals surface area contributed by atoms with Crippen LogP contribution < -0.4 is 4.90 Å². The zero-order valence-corrected chi connectivity index (χ0v) is 27.2. The number of carbonyl (C=O) groups is 2. The van der Waals surface area contributed by atoms with Crippen LogP contribution in [0.4, 0.5) is 15.3 Å². The van der Waals surface area contributed by atoms with Gasteiger partial charge in [-0.05, 0) is 50.6 Å². The molecule has 1 N–H and O–H groups in total. The maximum atomic E-state index is 13.6. The van der Waals surface area contributed by atoms with Gasteiger partial charge < -0.3 is 19.8 Å². The third-order valence-electron chi connectivity index (χ3n) is 9.03. The first-order valence-corrected chi connectivity index (χ1v) is 16.8. The number of benzene rings is 1. The number of nitriles is 1. The zero-order valence-electron chi connectivity index (χ0n) is 25.6. The molecule has 4 aromatic rings. The highest BCUT2D eigenvalue weighted by molar-refractivity contribution is 7.17. The number of allylic oxidation sites excluding steroid dienone is 1. The van der Waals surface area contributed by atoms with Crippen molar-refractivity contribution in [2.75, 3.05) is 45.2 Å². The number of thiazole rings is 1. The first-order valence-electron chi connectivity index (χ1n) is 15.1. The summed E-state index contributed by atoms with van der Waals surface area (Å²) in [5, 5.41) is 25.7. The average Bonchev–Trinajstić information content (AvgIpc) is 3.81. The number of halogens is 1. The van der Waals surface area contributed by atoms with E-state index in [1.54, 1.807) is 28.4 Å². The minimum Gasteiger partial charge on any atom is -0.481 e. The lowest BCUT2D eigenvalue weighted by molar-refractivity contribution is -0.153. The van der Waals surface area contributed by atoms with Crippen molar-refractivity contribution in [2.24, 2.45) is 5.92 Å². The van der Waals surface area contributed by atoms with Crippen LogP contribution in [0.2, 0.25) is 0 Å². The monoisotopic (exact) mass is 661 g/mol. The Morgan fingerprint density at radius 3 is 2.63 bits per heavy atom. The number of likely N-dealkylation sites (N-methyl/N-ethyl adjacent to an activating group) is 1. The van der Waals surface area contributed by atoms with E-state index in [2.05, 4.69) is 21.9 Å². The number of carboxylic acids is 1. The van der Waals surface area contributed by atoms with Gasteiger partial charge in [-0.1, -0.05) is 35.7 Å². The lowest BCUT2D eigenvalue weighted by Crippen LogP contribution is -2.56. The molecule has 0 bridgehead atoms. The summed E-state index contributed by atoms with van der Waals surface area (Å²) in [4.78, 5) is 43.0. The van der Waals surface area contributed by atoms with Gasteiger partial charge in [-0.3, -0.25) is 14.5 Å². The van der Waals surface area contributed by atoms with E-state index in [9.17, 15) is 24.3 Å². The highest BCUT2D eigenvalue weighted by Gasteiger charge is 2.44. The Morgan fingerprint density at radius 2 is 1.93 bits per heavy atom.